The molecule has 0 aliphatic rings. The first-order chi connectivity index (χ1) is 14.2. The molecule has 1 amide bonds. The van der Waals surface area contributed by atoms with Gasteiger partial charge in [-0.1, -0.05) is 30.3 Å². The third-order valence-electron chi connectivity index (χ3n) is 4.40. The number of pyridine rings is 1. The van der Waals surface area contributed by atoms with Crippen LogP contribution in [0.4, 0.5) is 5.69 Å². The first-order valence-electron chi connectivity index (χ1n) is 9.42. The third-order valence-corrected chi connectivity index (χ3v) is 4.40. The summed E-state index contributed by atoms with van der Waals surface area (Å²) < 4.78 is 10.7. The molecule has 1 aromatic heterocycles. The van der Waals surface area contributed by atoms with E-state index in [1.165, 1.54) is 5.56 Å². The van der Waals surface area contributed by atoms with Gasteiger partial charge >= 0.3 is 0 Å². The zero-order valence-electron chi connectivity index (χ0n) is 16.7. The maximum atomic E-state index is 12.3. The van der Waals surface area contributed by atoms with Crippen molar-refractivity contribution in [3.05, 3.63) is 84.2 Å². The lowest BCUT2D eigenvalue weighted by atomic mass is 10.2. The smallest absolute Gasteiger partial charge is 0.269 e. The molecule has 29 heavy (non-hydrogen) atoms. The molecule has 0 spiro atoms. The van der Waals surface area contributed by atoms with Gasteiger partial charge in [-0.15, -0.1) is 0 Å². The number of methoxy groups -OCH3 is 1. The van der Waals surface area contributed by atoms with E-state index in [1.807, 2.05) is 55.6 Å². The number of anilines is 1. The highest BCUT2D eigenvalue weighted by Gasteiger charge is 2.08. The van der Waals surface area contributed by atoms with Crippen molar-refractivity contribution in [3.8, 4) is 11.5 Å². The van der Waals surface area contributed by atoms with E-state index in [0.717, 1.165) is 23.7 Å². The van der Waals surface area contributed by atoms with Gasteiger partial charge in [0.05, 0.1) is 25.5 Å². The molecule has 3 aromatic rings. The minimum atomic E-state index is -0.222. The van der Waals surface area contributed by atoms with E-state index in [4.69, 9.17) is 9.47 Å². The predicted octanol–water partition coefficient (Wildman–Crippen LogP) is 3.54. The van der Waals surface area contributed by atoms with Gasteiger partial charge in [-0.2, -0.15) is 0 Å². The number of aromatic nitrogens is 1. The average molecular weight is 391 g/mol. The van der Waals surface area contributed by atoms with Crippen LogP contribution in [0.15, 0.2) is 72.9 Å². The minimum Gasteiger partial charge on any atom is -0.497 e. The van der Waals surface area contributed by atoms with Crippen molar-refractivity contribution >= 4 is 11.6 Å². The monoisotopic (exact) mass is 391 g/mol. The van der Waals surface area contributed by atoms with E-state index < -0.39 is 0 Å². The molecule has 1 heterocycles. The van der Waals surface area contributed by atoms with Crippen LogP contribution in [-0.4, -0.2) is 38.2 Å². The Kier molecular flexibility index (Phi) is 7.05. The van der Waals surface area contributed by atoms with E-state index in [1.54, 1.807) is 19.4 Å². The van der Waals surface area contributed by atoms with Crippen molar-refractivity contribution in [1.82, 2.24) is 10.3 Å². The maximum Gasteiger partial charge on any atom is 0.269 e. The summed E-state index contributed by atoms with van der Waals surface area (Å²) >= 11 is 0. The molecule has 3 rings (SSSR count). The lowest BCUT2D eigenvalue weighted by molar-refractivity contribution is 0.0942. The van der Waals surface area contributed by atoms with Gasteiger partial charge in [-0.05, 0) is 42.0 Å². The van der Waals surface area contributed by atoms with Gasteiger partial charge in [0.25, 0.3) is 5.91 Å². The van der Waals surface area contributed by atoms with Crippen LogP contribution in [0.1, 0.15) is 16.1 Å². The lowest BCUT2D eigenvalue weighted by Crippen LogP contribution is -2.28. The molecule has 0 fully saturated rings. The molecule has 1 N–H and O–H groups in total. The fourth-order valence-electron chi connectivity index (χ4n) is 2.79. The summed E-state index contributed by atoms with van der Waals surface area (Å²) in [5.41, 5.74) is 2.55. The normalized spacial score (nSPS) is 10.3. The molecule has 0 saturated heterocycles. The highest BCUT2D eigenvalue weighted by molar-refractivity contribution is 5.92. The predicted molar refractivity (Wildman–Crippen MR) is 114 cm³/mol. The number of nitrogens with zero attached hydrogens (tertiary/aromatic N) is 2. The quantitative estimate of drug-likeness (QED) is 0.566. The summed E-state index contributed by atoms with van der Waals surface area (Å²) in [4.78, 5) is 18.6. The Balaban J connectivity index is 1.44. The first-order valence-corrected chi connectivity index (χ1v) is 9.42. The number of ether oxygens (including phenoxy) is 2. The van der Waals surface area contributed by atoms with Gasteiger partial charge in [0, 0.05) is 13.6 Å². The van der Waals surface area contributed by atoms with Crippen molar-refractivity contribution in [1.29, 1.82) is 0 Å². The molecule has 6 heteroatoms. The van der Waals surface area contributed by atoms with Gasteiger partial charge in [-0.3, -0.25) is 4.79 Å². The molecule has 0 aliphatic carbocycles. The van der Waals surface area contributed by atoms with Crippen LogP contribution in [0.3, 0.4) is 0 Å². The molecule has 0 saturated carbocycles. The minimum absolute atomic E-state index is 0.222. The van der Waals surface area contributed by atoms with E-state index in [0.29, 0.717) is 18.8 Å². The van der Waals surface area contributed by atoms with Crippen LogP contribution in [0.2, 0.25) is 0 Å². The largest absolute Gasteiger partial charge is 0.497 e. The molecular weight excluding hydrogens is 366 g/mol. The van der Waals surface area contributed by atoms with Crippen molar-refractivity contribution in [3.63, 3.8) is 0 Å². The van der Waals surface area contributed by atoms with Crippen LogP contribution in [-0.2, 0) is 6.54 Å². The zero-order chi connectivity index (χ0) is 20.5. The van der Waals surface area contributed by atoms with E-state index >= 15 is 0 Å². The Labute approximate surface area is 171 Å². The Hall–Kier alpha value is -3.54. The summed E-state index contributed by atoms with van der Waals surface area (Å²) in [7, 11) is 3.62. The Bertz CT molecular complexity index is 897. The number of nitrogens with one attached hydrogen (secondary N) is 1. The van der Waals surface area contributed by atoms with Crippen LogP contribution in [0, 0.1) is 0 Å². The number of amides is 1. The van der Waals surface area contributed by atoms with Crippen LogP contribution in [0.25, 0.3) is 0 Å². The molecule has 0 bridgehead atoms. The van der Waals surface area contributed by atoms with E-state index in [9.17, 15) is 4.79 Å². The second kappa shape index (κ2) is 10.1. The average Bonchev–Trinajstić information content (AvgIpc) is 2.77. The standard InChI is InChI=1S/C23H25N3O3/c1-26(17-18-6-4-3-5-7-18)19-8-13-22(25-16-19)23(27)24-14-15-29-21-11-9-20(28-2)10-12-21/h3-13,16H,14-15,17H2,1-2H3,(H,24,27). The van der Waals surface area contributed by atoms with Crippen molar-refractivity contribution in [2.45, 2.75) is 6.54 Å². The summed E-state index contributed by atoms with van der Waals surface area (Å²) in [6.45, 7) is 1.54. The number of hydrogen-bond acceptors (Lipinski definition) is 5. The fourth-order valence-corrected chi connectivity index (χ4v) is 2.79. The summed E-state index contributed by atoms with van der Waals surface area (Å²) in [5, 5.41) is 2.82. The van der Waals surface area contributed by atoms with Crippen molar-refractivity contribution < 1.29 is 14.3 Å². The topological polar surface area (TPSA) is 63.7 Å². The molecule has 150 valence electrons. The van der Waals surface area contributed by atoms with Crippen LogP contribution >= 0.6 is 0 Å². The second-order valence-electron chi connectivity index (χ2n) is 6.52. The Morgan fingerprint density at radius 2 is 1.72 bits per heavy atom. The SMILES string of the molecule is COc1ccc(OCCNC(=O)c2ccc(N(C)Cc3ccccc3)cn2)cc1. The second-order valence-corrected chi connectivity index (χ2v) is 6.52. The van der Waals surface area contributed by atoms with E-state index in [-0.39, 0.29) is 5.91 Å². The highest BCUT2D eigenvalue weighted by atomic mass is 16.5. The number of carbonyl (C=O) groups is 1. The highest BCUT2D eigenvalue weighted by Crippen LogP contribution is 2.17. The Morgan fingerprint density at radius 3 is 2.38 bits per heavy atom. The zero-order valence-corrected chi connectivity index (χ0v) is 16.7. The van der Waals surface area contributed by atoms with Gasteiger partial charge in [0.2, 0.25) is 0 Å². The molecule has 2 aromatic carbocycles. The van der Waals surface area contributed by atoms with Crippen molar-refractivity contribution in [2.24, 2.45) is 0 Å². The van der Waals surface area contributed by atoms with Gasteiger partial charge in [0.15, 0.2) is 0 Å². The summed E-state index contributed by atoms with van der Waals surface area (Å²) in [6, 6.07) is 21.2. The van der Waals surface area contributed by atoms with Gasteiger partial charge in [-0.25, -0.2) is 4.98 Å². The molecular formula is C23H25N3O3. The van der Waals surface area contributed by atoms with Crippen LogP contribution < -0.4 is 19.7 Å². The molecule has 6 nitrogen and oxygen atoms in total. The number of rotatable bonds is 9. The van der Waals surface area contributed by atoms with Crippen LogP contribution in [0.5, 0.6) is 11.5 Å². The maximum absolute atomic E-state index is 12.3. The van der Waals surface area contributed by atoms with E-state index in [2.05, 4.69) is 27.3 Å². The molecule has 0 unspecified atom stereocenters. The molecule has 0 radical (unpaired) electrons. The third kappa shape index (κ3) is 5.97. The summed E-state index contributed by atoms with van der Waals surface area (Å²) in [6.07, 6.45) is 1.71. The Morgan fingerprint density at radius 1 is 1.00 bits per heavy atom. The van der Waals surface area contributed by atoms with Gasteiger partial charge in [0.1, 0.15) is 23.8 Å². The first kappa shape index (κ1) is 20.2. The number of hydrogen-bond donors (Lipinski definition) is 1. The number of carbonyl (C=O) groups excluding carboxylic acids is 1. The van der Waals surface area contributed by atoms with Crippen molar-refractivity contribution in [2.75, 3.05) is 32.2 Å². The number of benzene rings is 2. The summed E-state index contributed by atoms with van der Waals surface area (Å²) in [5.74, 6) is 1.28. The molecule has 0 atom stereocenters. The molecule has 0 aliphatic heterocycles. The van der Waals surface area contributed by atoms with Gasteiger partial charge < -0.3 is 19.7 Å². The lowest BCUT2D eigenvalue weighted by Gasteiger charge is -2.19. The fraction of sp³-hybridized carbons (Fsp3) is 0.217.